The van der Waals surface area contributed by atoms with Crippen molar-refractivity contribution < 1.29 is 9.53 Å². The number of hydrogen-bond acceptors (Lipinski definition) is 3. The molecule has 1 aromatic rings. The lowest BCUT2D eigenvalue weighted by Gasteiger charge is -2.34. The van der Waals surface area contributed by atoms with Gasteiger partial charge in [0.05, 0.1) is 12.2 Å². The van der Waals surface area contributed by atoms with Crippen molar-refractivity contribution in [2.75, 3.05) is 19.7 Å². The van der Waals surface area contributed by atoms with Crippen molar-refractivity contribution in [2.45, 2.75) is 32.7 Å². The number of nitrogens with zero attached hydrogens (tertiary/aromatic N) is 1. The molecule has 0 bridgehead atoms. The number of piperidine rings is 1. The fourth-order valence-electron chi connectivity index (χ4n) is 2.72. The number of nitrogens with two attached hydrogens (primary N) is 1. The number of carbonyl (C=O) groups excluding carboxylic acids is 1. The molecule has 2 N–H and O–H groups in total. The topological polar surface area (TPSA) is 55.6 Å². The van der Waals surface area contributed by atoms with Crippen LogP contribution >= 0.6 is 0 Å². The first-order chi connectivity index (χ1) is 9.63. The second kappa shape index (κ2) is 6.75. The van der Waals surface area contributed by atoms with Crippen molar-refractivity contribution >= 4 is 5.91 Å². The quantitative estimate of drug-likeness (QED) is 0.918. The molecule has 0 radical (unpaired) electrons. The Morgan fingerprint density at radius 3 is 2.65 bits per heavy atom. The Labute approximate surface area is 120 Å². The van der Waals surface area contributed by atoms with E-state index in [4.69, 9.17) is 10.5 Å². The molecule has 1 aliphatic rings. The third-order valence-electron chi connectivity index (χ3n) is 3.99. The largest absolute Gasteiger partial charge is 0.493 e. The van der Waals surface area contributed by atoms with Gasteiger partial charge in [-0.1, -0.05) is 12.1 Å². The highest BCUT2D eigenvalue weighted by Crippen LogP contribution is 2.24. The molecule has 1 aliphatic heterocycles. The Bertz CT molecular complexity index is 452. The van der Waals surface area contributed by atoms with Gasteiger partial charge in [-0.15, -0.1) is 0 Å². The summed E-state index contributed by atoms with van der Waals surface area (Å²) in [5, 5.41) is 0. The smallest absolute Gasteiger partial charge is 0.257 e. The Morgan fingerprint density at radius 2 is 2.05 bits per heavy atom. The van der Waals surface area contributed by atoms with Crippen LogP contribution in [0.2, 0.25) is 0 Å². The van der Waals surface area contributed by atoms with E-state index in [2.05, 4.69) is 0 Å². The van der Waals surface area contributed by atoms with E-state index in [0.717, 1.165) is 25.9 Å². The Hall–Kier alpha value is -1.55. The van der Waals surface area contributed by atoms with Crippen molar-refractivity contribution in [3.05, 3.63) is 29.8 Å². The zero-order chi connectivity index (χ0) is 14.5. The van der Waals surface area contributed by atoms with Gasteiger partial charge < -0.3 is 15.4 Å². The number of hydrogen-bond donors (Lipinski definition) is 1. The third-order valence-corrected chi connectivity index (χ3v) is 3.99. The van der Waals surface area contributed by atoms with Crippen LogP contribution < -0.4 is 10.5 Å². The van der Waals surface area contributed by atoms with Crippen molar-refractivity contribution in [1.29, 1.82) is 0 Å². The van der Waals surface area contributed by atoms with Gasteiger partial charge in [0.1, 0.15) is 5.75 Å². The van der Waals surface area contributed by atoms with Crippen molar-refractivity contribution in [2.24, 2.45) is 11.7 Å². The number of rotatable bonds is 4. The van der Waals surface area contributed by atoms with E-state index in [1.54, 1.807) is 0 Å². The van der Waals surface area contributed by atoms with E-state index in [0.29, 0.717) is 23.8 Å². The van der Waals surface area contributed by atoms with E-state index >= 15 is 0 Å². The summed E-state index contributed by atoms with van der Waals surface area (Å²) in [4.78, 5) is 14.5. The van der Waals surface area contributed by atoms with Gasteiger partial charge in [-0.25, -0.2) is 0 Å². The molecule has 0 spiro atoms. The molecule has 110 valence electrons. The molecule has 1 heterocycles. The number of benzene rings is 1. The second-order valence-electron chi connectivity index (χ2n) is 5.42. The van der Waals surface area contributed by atoms with Crippen molar-refractivity contribution in [1.82, 2.24) is 4.90 Å². The molecule has 1 fully saturated rings. The Kier molecular flexibility index (Phi) is 5.01. The summed E-state index contributed by atoms with van der Waals surface area (Å²) in [6.45, 7) is 6.11. The van der Waals surface area contributed by atoms with Crippen LogP contribution in [-0.2, 0) is 0 Å². The summed E-state index contributed by atoms with van der Waals surface area (Å²) in [6.07, 6.45) is 1.97. The first-order valence-electron chi connectivity index (χ1n) is 7.40. The third kappa shape index (κ3) is 3.31. The highest BCUT2D eigenvalue weighted by molar-refractivity contribution is 5.97. The molecule has 0 aromatic heterocycles. The molecule has 0 saturated carbocycles. The number of amides is 1. The lowest BCUT2D eigenvalue weighted by molar-refractivity contribution is 0.0677. The average Bonchev–Trinajstić information content (AvgIpc) is 2.47. The van der Waals surface area contributed by atoms with Gasteiger partial charge in [0.15, 0.2) is 0 Å². The summed E-state index contributed by atoms with van der Waals surface area (Å²) in [6, 6.07) is 7.67. The Morgan fingerprint density at radius 1 is 1.40 bits per heavy atom. The standard InChI is InChI=1S/C16H24N2O2/c1-3-20-15-7-5-4-6-14(15)16(19)18-10-8-13(9-11-18)12(2)17/h4-7,12-13H,3,8-11,17H2,1-2H3. The van der Waals surface area contributed by atoms with E-state index in [9.17, 15) is 4.79 Å². The minimum atomic E-state index is 0.0668. The second-order valence-corrected chi connectivity index (χ2v) is 5.42. The van der Waals surface area contributed by atoms with Gasteiger partial charge in [-0.05, 0) is 44.7 Å². The van der Waals surface area contributed by atoms with Gasteiger partial charge in [-0.3, -0.25) is 4.79 Å². The van der Waals surface area contributed by atoms with Crippen LogP contribution in [0.4, 0.5) is 0 Å². The molecule has 1 saturated heterocycles. The molecule has 4 nitrogen and oxygen atoms in total. The number of para-hydroxylation sites is 1. The number of carbonyl (C=O) groups is 1. The van der Waals surface area contributed by atoms with Crippen LogP contribution in [0.25, 0.3) is 0 Å². The molecular formula is C16H24N2O2. The molecule has 1 aromatic carbocycles. The summed E-state index contributed by atoms with van der Waals surface area (Å²) in [7, 11) is 0. The van der Waals surface area contributed by atoms with Gasteiger partial charge in [0.2, 0.25) is 0 Å². The summed E-state index contributed by atoms with van der Waals surface area (Å²) < 4.78 is 5.54. The summed E-state index contributed by atoms with van der Waals surface area (Å²) in [5.74, 6) is 1.27. The van der Waals surface area contributed by atoms with Crippen LogP contribution in [0.15, 0.2) is 24.3 Å². The fraction of sp³-hybridized carbons (Fsp3) is 0.562. The van der Waals surface area contributed by atoms with Crippen LogP contribution in [0.3, 0.4) is 0 Å². The lowest BCUT2D eigenvalue weighted by atomic mass is 9.90. The van der Waals surface area contributed by atoms with Crippen LogP contribution in [0, 0.1) is 5.92 Å². The summed E-state index contributed by atoms with van der Waals surface area (Å²) in [5.41, 5.74) is 6.60. The van der Waals surface area contributed by atoms with Gasteiger partial charge >= 0.3 is 0 Å². The molecule has 0 aliphatic carbocycles. The minimum Gasteiger partial charge on any atom is -0.493 e. The maximum atomic E-state index is 12.6. The van der Waals surface area contributed by atoms with E-state index in [1.807, 2.05) is 43.0 Å². The molecule has 20 heavy (non-hydrogen) atoms. The van der Waals surface area contributed by atoms with Crippen molar-refractivity contribution in [3.63, 3.8) is 0 Å². The first-order valence-corrected chi connectivity index (χ1v) is 7.40. The molecule has 1 amide bonds. The maximum absolute atomic E-state index is 12.6. The SMILES string of the molecule is CCOc1ccccc1C(=O)N1CCC(C(C)N)CC1. The van der Waals surface area contributed by atoms with Gasteiger partial charge in [-0.2, -0.15) is 0 Å². The fourth-order valence-corrected chi connectivity index (χ4v) is 2.72. The van der Waals surface area contributed by atoms with Crippen molar-refractivity contribution in [3.8, 4) is 5.75 Å². The highest BCUT2D eigenvalue weighted by atomic mass is 16.5. The van der Waals surface area contributed by atoms with Gasteiger partial charge in [0, 0.05) is 19.1 Å². The highest BCUT2D eigenvalue weighted by Gasteiger charge is 2.26. The molecule has 1 unspecified atom stereocenters. The molecule has 1 atom stereocenters. The molecular weight excluding hydrogens is 252 g/mol. The predicted octanol–water partition coefficient (Wildman–Crippen LogP) is 2.28. The van der Waals surface area contributed by atoms with E-state index < -0.39 is 0 Å². The van der Waals surface area contributed by atoms with E-state index in [1.165, 1.54) is 0 Å². The monoisotopic (exact) mass is 276 g/mol. The van der Waals surface area contributed by atoms with Gasteiger partial charge in [0.25, 0.3) is 5.91 Å². The zero-order valence-corrected chi connectivity index (χ0v) is 12.3. The molecule has 2 rings (SSSR count). The minimum absolute atomic E-state index is 0.0668. The lowest BCUT2D eigenvalue weighted by Crippen LogP contribution is -2.42. The average molecular weight is 276 g/mol. The Balaban J connectivity index is 2.05. The first kappa shape index (κ1) is 14.9. The number of ether oxygens (including phenoxy) is 1. The predicted molar refractivity (Wildman–Crippen MR) is 79.9 cm³/mol. The zero-order valence-electron chi connectivity index (χ0n) is 12.3. The summed E-state index contributed by atoms with van der Waals surface area (Å²) >= 11 is 0. The number of likely N-dealkylation sites (tertiary alicyclic amines) is 1. The van der Waals surface area contributed by atoms with Crippen LogP contribution in [0.5, 0.6) is 5.75 Å². The molecule has 4 heteroatoms. The normalized spacial score (nSPS) is 17.9. The maximum Gasteiger partial charge on any atom is 0.257 e. The van der Waals surface area contributed by atoms with Crippen LogP contribution in [0.1, 0.15) is 37.0 Å². The van der Waals surface area contributed by atoms with Crippen LogP contribution in [-0.4, -0.2) is 36.5 Å². The van der Waals surface area contributed by atoms with E-state index in [-0.39, 0.29) is 11.9 Å².